The molecule has 1 aliphatic rings. The van der Waals surface area contributed by atoms with E-state index in [-0.39, 0.29) is 4.90 Å². The van der Waals surface area contributed by atoms with Gasteiger partial charge < -0.3 is 15.0 Å². The fourth-order valence-electron chi connectivity index (χ4n) is 4.30. The zero-order chi connectivity index (χ0) is 22.8. The number of aryl methyl sites for hydroxylation is 1. The van der Waals surface area contributed by atoms with Crippen LogP contribution in [-0.2, 0) is 21.3 Å². The van der Waals surface area contributed by atoms with Crippen LogP contribution in [0.5, 0.6) is 0 Å². The second-order valence-electron chi connectivity index (χ2n) is 8.24. The number of fused-ring (bicyclic) bond motifs is 1. The molecule has 7 heteroatoms. The minimum absolute atomic E-state index is 0.269. The average Bonchev–Trinajstić information content (AvgIpc) is 3.19. The van der Waals surface area contributed by atoms with Crippen molar-refractivity contribution in [2.75, 3.05) is 36.5 Å². The molecule has 2 heterocycles. The highest BCUT2D eigenvalue weighted by atomic mass is 32.2. The summed E-state index contributed by atoms with van der Waals surface area (Å²) in [6.45, 7) is 5.10. The van der Waals surface area contributed by atoms with Gasteiger partial charge in [0.1, 0.15) is 5.82 Å². The van der Waals surface area contributed by atoms with E-state index in [0.29, 0.717) is 44.2 Å². The number of ether oxygens (including phenoxy) is 1. The maximum absolute atomic E-state index is 14.0. The van der Waals surface area contributed by atoms with Gasteiger partial charge in [-0.05, 0) is 30.7 Å². The minimum Gasteiger partial charge on any atom is -0.378 e. The Kier molecular flexibility index (Phi) is 5.83. The van der Waals surface area contributed by atoms with Gasteiger partial charge in [0.2, 0.25) is 0 Å². The first-order chi connectivity index (χ1) is 16.1. The molecule has 3 aromatic carbocycles. The third-order valence-electron chi connectivity index (χ3n) is 5.99. The standard InChI is InChI=1S/C26H27N3O3S/c1-20-11-13-22(14-12-20)33(30,31)29-24-10-6-5-9-23(24)25(28-15-17-32-18-16-28)26(29)27-19-21-7-3-2-4-8-21/h2-14,27H,15-19H2,1H3. The maximum atomic E-state index is 14.0. The number of para-hydroxylation sites is 1. The molecule has 1 aliphatic heterocycles. The first kappa shape index (κ1) is 21.6. The van der Waals surface area contributed by atoms with E-state index in [1.54, 1.807) is 12.1 Å². The van der Waals surface area contributed by atoms with Gasteiger partial charge in [-0.1, -0.05) is 66.2 Å². The van der Waals surface area contributed by atoms with Crippen molar-refractivity contribution in [2.45, 2.75) is 18.4 Å². The largest absolute Gasteiger partial charge is 0.378 e. The molecule has 5 rings (SSSR count). The summed E-state index contributed by atoms with van der Waals surface area (Å²) in [6.07, 6.45) is 0. The summed E-state index contributed by atoms with van der Waals surface area (Å²) in [7, 11) is -3.84. The SMILES string of the molecule is Cc1ccc(S(=O)(=O)n2c(NCc3ccccc3)c(N3CCOCC3)c3ccccc32)cc1. The van der Waals surface area contributed by atoms with Gasteiger partial charge in [0.15, 0.2) is 0 Å². The average molecular weight is 462 g/mol. The quantitative estimate of drug-likeness (QED) is 0.453. The van der Waals surface area contributed by atoms with E-state index in [2.05, 4.69) is 10.2 Å². The van der Waals surface area contributed by atoms with Crippen molar-refractivity contribution in [3.63, 3.8) is 0 Å². The molecule has 1 saturated heterocycles. The highest BCUT2D eigenvalue weighted by Gasteiger charge is 2.30. The van der Waals surface area contributed by atoms with Crippen LogP contribution < -0.4 is 10.2 Å². The predicted octanol–water partition coefficient (Wildman–Crippen LogP) is 4.64. The molecule has 0 atom stereocenters. The Morgan fingerprint density at radius 2 is 1.55 bits per heavy atom. The lowest BCUT2D eigenvalue weighted by Gasteiger charge is -2.30. The lowest BCUT2D eigenvalue weighted by molar-refractivity contribution is 0.123. The number of benzene rings is 3. The predicted molar refractivity (Wildman–Crippen MR) is 133 cm³/mol. The molecular weight excluding hydrogens is 434 g/mol. The third-order valence-corrected chi connectivity index (χ3v) is 7.72. The minimum atomic E-state index is -3.84. The molecule has 0 bridgehead atoms. The molecule has 0 amide bonds. The molecule has 0 unspecified atom stereocenters. The summed E-state index contributed by atoms with van der Waals surface area (Å²) in [6, 6.07) is 24.7. The number of rotatable bonds is 6. The van der Waals surface area contributed by atoms with Crippen molar-refractivity contribution in [1.29, 1.82) is 0 Å². The smallest absolute Gasteiger partial charge is 0.269 e. The van der Waals surface area contributed by atoms with Gasteiger partial charge in [-0.15, -0.1) is 0 Å². The number of nitrogens with zero attached hydrogens (tertiary/aromatic N) is 2. The lowest BCUT2D eigenvalue weighted by Crippen LogP contribution is -2.36. The van der Waals surface area contributed by atoms with Gasteiger partial charge in [-0.2, -0.15) is 0 Å². The molecule has 0 radical (unpaired) electrons. The van der Waals surface area contributed by atoms with Crippen molar-refractivity contribution in [2.24, 2.45) is 0 Å². The van der Waals surface area contributed by atoms with Crippen molar-refractivity contribution in [3.05, 3.63) is 90.0 Å². The van der Waals surface area contributed by atoms with Crippen LogP contribution in [0.3, 0.4) is 0 Å². The molecular formula is C26H27N3O3S. The molecule has 1 fully saturated rings. The Hall–Kier alpha value is -3.29. The van der Waals surface area contributed by atoms with E-state index >= 15 is 0 Å². The molecule has 0 aliphatic carbocycles. The van der Waals surface area contributed by atoms with Crippen LogP contribution in [0.4, 0.5) is 11.5 Å². The number of hydrogen-bond donors (Lipinski definition) is 1. The van der Waals surface area contributed by atoms with E-state index in [1.807, 2.05) is 73.7 Å². The highest BCUT2D eigenvalue weighted by molar-refractivity contribution is 7.90. The summed E-state index contributed by atoms with van der Waals surface area (Å²) in [5, 5.41) is 4.38. The summed E-state index contributed by atoms with van der Waals surface area (Å²) in [4.78, 5) is 2.49. The molecule has 33 heavy (non-hydrogen) atoms. The van der Waals surface area contributed by atoms with Crippen molar-refractivity contribution in [1.82, 2.24) is 3.97 Å². The van der Waals surface area contributed by atoms with E-state index in [0.717, 1.165) is 22.2 Å². The second kappa shape index (κ2) is 8.92. The van der Waals surface area contributed by atoms with Gasteiger partial charge in [-0.3, -0.25) is 0 Å². The number of morpholine rings is 1. The number of nitrogens with one attached hydrogen (secondary N) is 1. The first-order valence-corrected chi connectivity index (χ1v) is 12.6. The normalized spacial score (nSPS) is 14.5. The van der Waals surface area contributed by atoms with Crippen LogP contribution in [0.15, 0.2) is 83.8 Å². The van der Waals surface area contributed by atoms with Gasteiger partial charge >= 0.3 is 0 Å². The van der Waals surface area contributed by atoms with Crippen LogP contribution in [-0.4, -0.2) is 38.7 Å². The van der Waals surface area contributed by atoms with E-state index in [1.165, 1.54) is 3.97 Å². The molecule has 6 nitrogen and oxygen atoms in total. The van der Waals surface area contributed by atoms with Crippen LogP contribution in [0.2, 0.25) is 0 Å². The highest BCUT2D eigenvalue weighted by Crippen LogP contribution is 2.41. The molecule has 4 aromatic rings. The lowest BCUT2D eigenvalue weighted by atomic mass is 10.2. The van der Waals surface area contributed by atoms with Crippen LogP contribution >= 0.6 is 0 Å². The zero-order valence-electron chi connectivity index (χ0n) is 18.6. The van der Waals surface area contributed by atoms with Crippen LogP contribution in [0.1, 0.15) is 11.1 Å². The molecule has 1 N–H and O–H groups in total. The Balaban J connectivity index is 1.72. The Morgan fingerprint density at radius 3 is 2.27 bits per heavy atom. The number of hydrogen-bond acceptors (Lipinski definition) is 5. The Bertz CT molecular complexity index is 1360. The van der Waals surface area contributed by atoms with E-state index in [9.17, 15) is 8.42 Å². The fourth-order valence-corrected chi connectivity index (χ4v) is 5.81. The van der Waals surface area contributed by atoms with E-state index < -0.39 is 10.0 Å². The Morgan fingerprint density at radius 1 is 0.879 bits per heavy atom. The molecule has 170 valence electrons. The van der Waals surface area contributed by atoms with Crippen molar-refractivity contribution in [3.8, 4) is 0 Å². The third kappa shape index (κ3) is 4.10. The summed E-state index contributed by atoms with van der Waals surface area (Å²) < 4.78 is 35.0. The van der Waals surface area contributed by atoms with Gasteiger partial charge in [0.05, 0.1) is 29.3 Å². The van der Waals surface area contributed by atoms with Gasteiger partial charge in [-0.25, -0.2) is 12.4 Å². The van der Waals surface area contributed by atoms with Crippen LogP contribution in [0.25, 0.3) is 10.9 Å². The monoisotopic (exact) mass is 461 g/mol. The second-order valence-corrected chi connectivity index (χ2v) is 10.0. The van der Waals surface area contributed by atoms with E-state index in [4.69, 9.17) is 4.74 Å². The van der Waals surface area contributed by atoms with Crippen molar-refractivity contribution < 1.29 is 13.2 Å². The molecule has 0 spiro atoms. The number of anilines is 2. The zero-order valence-corrected chi connectivity index (χ0v) is 19.4. The molecule has 1 aromatic heterocycles. The summed E-state index contributed by atoms with van der Waals surface area (Å²) >= 11 is 0. The van der Waals surface area contributed by atoms with Gasteiger partial charge in [0, 0.05) is 25.0 Å². The van der Waals surface area contributed by atoms with Crippen LogP contribution in [0, 0.1) is 6.92 Å². The summed E-state index contributed by atoms with van der Waals surface area (Å²) in [5.41, 5.74) is 3.66. The Labute approximate surface area is 194 Å². The van der Waals surface area contributed by atoms with Crippen molar-refractivity contribution >= 4 is 32.4 Å². The van der Waals surface area contributed by atoms with Gasteiger partial charge in [0.25, 0.3) is 10.0 Å². The summed E-state index contributed by atoms with van der Waals surface area (Å²) in [5.74, 6) is 0.586. The molecule has 0 saturated carbocycles. The topological polar surface area (TPSA) is 63.6 Å². The number of aromatic nitrogens is 1. The first-order valence-electron chi connectivity index (χ1n) is 11.1. The maximum Gasteiger partial charge on any atom is 0.269 e. The fraction of sp³-hybridized carbons (Fsp3) is 0.231.